The van der Waals surface area contributed by atoms with E-state index in [-0.39, 0.29) is 25.2 Å². The number of carbonyl (C=O) groups excluding carboxylic acids is 3. The minimum Gasteiger partial charge on any atom is -0.462 e. The van der Waals surface area contributed by atoms with E-state index in [0.717, 1.165) is 70.6 Å². The van der Waals surface area contributed by atoms with Gasteiger partial charge in [0.1, 0.15) is 6.61 Å². The van der Waals surface area contributed by atoms with Crippen LogP contribution in [0.4, 0.5) is 0 Å². The van der Waals surface area contributed by atoms with Crippen molar-refractivity contribution in [2.75, 3.05) is 13.2 Å². The summed E-state index contributed by atoms with van der Waals surface area (Å²) in [6, 6.07) is 0. The van der Waals surface area contributed by atoms with Gasteiger partial charge < -0.3 is 19.3 Å². The Bertz CT molecular complexity index is 1270. The quantitative estimate of drug-likeness (QED) is 0.0159. The monoisotopic (exact) mass is 786 g/mol. The minimum atomic E-state index is -4.80. The Balaban J connectivity index is 4.17. The van der Waals surface area contributed by atoms with Crippen molar-refractivity contribution in [3.8, 4) is 0 Å². The molecule has 0 aromatic rings. The highest BCUT2D eigenvalue weighted by atomic mass is 31.2. The van der Waals surface area contributed by atoms with Crippen LogP contribution < -0.4 is 0 Å². The molecule has 0 aliphatic rings. The maximum atomic E-state index is 12.4. The molecule has 0 heterocycles. The van der Waals surface area contributed by atoms with Gasteiger partial charge in [0.15, 0.2) is 11.9 Å². The number of phosphoric ester groups is 1. The van der Waals surface area contributed by atoms with Gasteiger partial charge in [-0.1, -0.05) is 137 Å². The van der Waals surface area contributed by atoms with Gasteiger partial charge in [0, 0.05) is 19.3 Å². The highest BCUT2D eigenvalue weighted by molar-refractivity contribution is 7.46. The molecule has 0 aliphatic heterocycles. The molecule has 0 aromatic heterocycles. The molecular formula is C45H71O9P. The second-order valence-electron chi connectivity index (χ2n) is 13.3. The maximum Gasteiger partial charge on any atom is 0.469 e. The number of ketones is 1. The van der Waals surface area contributed by atoms with Crippen LogP contribution in [0.3, 0.4) is 0 Å². The lowest BCUT2D eigenvalue weighted by atomic mass is 10.1. The largest absolute Gasteiger partial charge is 0.469 e. The van der Waals surface area contributed by atoms with Crippen molar-refractivity contribution in [1.82, 2.24) is 0 Å². The minimum absolute atomic E-state index is 0.0966. The van der Waals surface area contributed by atoms with Gasteiger partial charge in [-0.3, -0.25) is 18.9 Å². The van der Waals surface area contributed by atoms with E-state index in [4.69, 9.17) is 19.3 Å². The average Bonchev–Trinajstić information content (AvgIpc) is 3.15. The highest BCUT2D eigenvalue weighted by Gasteiger charge is 2.22. The first-order valence-electron chi connectivity index (χ1n) is 20.5. The molecule has 0 amide bonds. The first-order valence-corrected chi connectivity index (χ1v) is 22.0. The molecule has 0 aliphatic carbocycles. The summed E-state index contributed by atoms with van der Waals surface area (Å²) in [5.41, 5.74) is 0. The third kappa shape index (κ3) is 41.6. The Kier molecular flexibility index (Phi) is 36.5. The lowest BCUT2D eigenvalue weighted by Gasteiger charge is -2.18. The number of unbranched alkanes of at least 4 members (excludes halogenated alkanes) is 9. The maximum absolute atomic E-state index is 12.4. The number of hydrogen-bond acceptors (Lipinski definition) is 7. The van der Waals surface area contributed by atoms with Crippen LogP contribution in [0.2, 0.25) is 0 Å². The Morgan fingerprint density at radius 1 is 0.527 bits per heavy atom. The van der Waals surface area contributed by atoms with Gasteiger partial charge in [0.05, 0.1) is 6.61 Å². The standard InChI is InChI=1S/C45H71O9P/c1-3-5-7-8-9-10-11-12-13-14-15-16-17-18-21-24-27-30-34-38-44(47)52-40-43(41-53-55(49,50)51)54-45(48)39-35-31-28-25-22-19-20-23-26-29-33-37-42(46)36-32-6-4-2/h9-10,12-13,15-16,18-21,25-26,28-29,33,37,43H,3-8,11,14,17,22-24,27,30-32,34-36,38-41H2,1-2H3,(H2,49,50,51)/b10-9-,13-12-,16-15-,20-19-,21-18-,28-25-,29-26-,37-33+/t43-/m1/s1. The molecule has 0 spiro atoms. The third-order valence-electron chi connectivity index (χ3n) is 8.05. The summed E-state index contributed by atoms with van der Waals surface area (Å²) in [6.07, 6.45) is 49.7. The van der Waals surface area contributed by atoms with Crippen LogP contribution in [0.1, 0.15) is 149 Å². The van der Waals surface area contributed by atoms with Gasteiger partial charge >= 0.3 is 19.8 Å². The molecular weight excluding hydrogens is 715 g/mol. The Morgan fingerprint density at radius 3 is 1.56 bits per heavy atom. The molecule has 0 radical (unpaired) electrons. The molecule has 0 saturated carbocycles. The van der Waals surface area contributed by atoms with Gasteiger partial charge in [0.2, 0.25) is 0 Å². The van der Waals surface area contributed by atoms with E-state index in [0.29, 0.717) is 25.7 Å². The fraction of sp³-hybridized carbons (Fsp3) is 0.578. The van der Waals surface area contributed by atoms with Crippen molar-refractivity contribution in [1.29, 1.82) is 0 Å². The number of ether oxygens (including phenoxy) is 2. The number of allylic oxidation sites excluding steroid dienone is 16. The van der Waals surface area contributed by atoms with Gasteiger partial charge in [-0.05, 0) is 89.5 Å². The molecule has 0 aromatic carbocycles. The fourth-order valence-electron chi connectivity index (χ4n) is 4.95. The van der Waals surface area contributed by atoms with Gasteiger partial charge in [-0.25, -0.2) is 4.57 Å². The first kappa shape index (κ1) is 51.6. The molecule has 55 heavy (non-hydrogen) atoms. The number of hydrogen-bond donors (Lipinski definition) is 2. The molecule has 0 unspecified atom stereocenters. The zero-order valence-corrected chi connectivity index (χ0v) is 34.7. The van der Waals surface area contributed by atoms with Crippen molar-refractivity contribution in [2.24, 2.45) is 0 Å². The van der Waals surface area contributed by atoms with Crippen LogP contribution in [-0.2, 0) is 32.9 Å². The number of rotatable bonds is 36. The molecule has 0 saturated heterocycles. The van der Waals surface area contributed by atoms with Crippen molar-refractivity contribution < 1.29 is 42.7 Å². The smallest absolute Gasteiger partial charge is 0.462 e. The van der Waals surface area contributed by atoms with Crippen LogP contribution in [-0.4, -0.2) is 46.8 Å². The van der Waals surface area contributed by atoms with Gasteiger partial charge in [-0.15, -0.1) is 0 Å². The summed E-state index contributed by atoms with van der Waals surface area (Å²) in [7, 11) is -4.80. The predicted octanol–water partition coefficient (Wildman–Crippen LogP) is 11.8. The molecule has 0 bridgehead atoms. The zero-order chi connectivity index (χ0) is 40.5. The Morgan fingerprint density at radius 2 is 1.00 bits per heavy atom. The SMILES string of the molecule is CCCCC/C=C\C/C=C\C/C=C\C/C=C\CCCCCC(=O)OC[C@H](COP(=O)(O)O)OC(=O)CCC/C=C\C/C=C\C/C=C\C=C\C(=O)CCCCC. The Labute approximate surface area is 332 Å². The summed E-state index contributed by atoms with van der Waals surface area (Å²) in [5, 5.41) is 0. The summed E-state index contributed by atoms with van der Waals surface area (Å²) in [5.74, 6) is -0.872. The normalized spacial score (nSPS) is 13.4. The highest BCUT2D eigenvalue weighted by Crippen LogP contribution is 2.36. The zero-order valence-electron chi connectivity index (χ0n) is 33.8. The van der Waals surface area contributed by atoms with E-state index in [1.807, 2.05) is 36.5 Å². The molecule has 310 valence electrons. The van der Waals surface area contributed by atoms with Crippen molar-refractivity contribution in [3.05, 3.63) is 97.2 Å². The van der Waals surface area contributed by atoms with E-state index in [9.17, 15) is 18.9 Å². The lowest BCUT2D eigenvalue weighted by Crippen LogP contribution is -2.29. The molecule has 9 nitrogen and oxygen atoms in total. The molecule has 10 heteroatoms. The second kappa shape index (κ2) is 38.9. The topological polar surface area (TPSA) is 136 Å². The second-order valence-corrected chi connectivity index (χ2v) is 14.5. The third-order valence-corrected chi connectivity index (χ3v) is 8.54. The summed E-state index contributed by atoms with van der Waals surface area (Å²) >= 11 is 0. The van der Waals surface area contributed by atoms with E-state index in [2.05, 4.69) is 67.0 Å². The van der Waals surface area contributed by atoms with Gasteiger partial charge in [-0.2, -0.15) is 0 Å². The van der Waals surface area contributed by atoms with Crippen LogP contribution in [0.5, 0.6) is 0 Å². The Hall–Kier alpha value is -3.36. The van der Waals surface area contributed by atoms with Crippen LogP contribution in [0, 0.1) is 0 Å². The van der Waals surface area contributed by atoms with Crippen molar-refractivity contribution in [2.45, 2.75) is 155 Å². The van der Waals surface area contributed by atoms with E-state index in [1.165, 1.54) is 25.7 Å². The van der Waals surface area contributed by atoms with Crippen molar-refractivity contribution >= 4 is 25.5 Å². The predicted molar refractivity (Wildman–Crippen MR) is 225 cm³/mol. The number of carbonyl (C=O) groups is 3. The van der Waals surface area contributed by atoms with E-state index >= 15 is 0 Å². The molecule has 0 rings (SSSR count). The number of esters is 2. The average molecular weight is 787 g/mol. The van der Waals surface area contributed by atoms with Crippen LogP contribution in [0.15, 0.2) is 97.2 Å². The number of phosphoric acid groups is 1. The van der Waals surface area contributed by atoms with Crippen molar-refractivity contribution in [3.63, 3.8) is 0 Å². The van der Waals surface area contributed by atoms with Gasteiger partial charge in [0.25, 0.3) is 0 Å². The molecule has 2 N–H and O–H groups in total. The molecule has 0 fully saturated rings. The fourth-order valence-corrected chi connectivity index (χ4v) is 5.31. The molecule has 1 atom stereocenters. The van der Waals surface area contributed by atoms with Crippen LogP contribution >= 0.6 is 7.82 Å². The van der Waals surface area contributed by atoms with E-state index in [1.54, 1.807) is 12.2 Å². The summed E-state index contributed by atoms with van der Waals surface area (Å²) < 4.78 is 26.3. The summed E-state index contributed by atoms with van der Waals surface area (Å²) in [6.45, 7) is 3.40. The van der Waals surface area contributed by atoms with E-state index < -0.39 is 32.5 Å². The summed E-state index contributed by atoms with van der Waals surface area (Å²) in [4.78, 5) is 54.5. The first-order chi connectivity index (χ1) is 26.7. The van der Waals surface area contributed by atoms with Crippen LogP contribution in [0.25, 0.3) is 0 Å². The lowest BCUT2D eigenvalue weighted by molar-refractivity contribution is -0.161.